The van der Waals surface area contributed by atoms with E-state index in [1.807, 2.05) is 55.5 Å². The molecule has 0 bridgehead atoms. The Bertz CT molecular complexity index is 1100. The Balaban J connectivity index is 1.68. The minimum Gasteiger partial charge on any atom is -0.497 e. The lowest BCUT2D eigenvalue weighted by molar-refractivity contribution is 0.414. The van der Waals surface area contributed by atoms with Crippen LogP contribution < -0.4 is 20.9 Å². The van der Waals surface area contributed by atoms with Crippen molar-refractivity contribution in [3.63, 3.8) is 0 Å². The number of anilines is 1. The summed E-state index contributed by atoms with van der Waals surface area (Å²) in [7, 11) is 1.64. The van der Waals surface area contributed by atoms with Gasteiger partial charge in [-0.2, -0.15) is 0 Å². The van der Waals surface area contributed by atoms with Gasteiger partial charge in [-0.1, -0.05) is 42.0 Å². The van der Waals surface area contributed by atoms with Crippen molar-refractivity contribution in [1.29, 1.82) is 0 Å². The van der Waals surface area contributed by atoms with Gasteiger partial charge in [0, 0.05) is 11.8 Å². The van der Waals surface area contributed by atoms with Gasteiger partial charge in [-0.15, -0.1) is 0 Å². The average molecular weight is 389 g/mol. The molecule has 0 radical (unpaired) electrons. The number of aromatic nitrogens is 2. The van der Waals surface area contributed by atoms with E-state index < -0.39 is 0 Å². The Labute approximate surface area is 169 Å². The lowest BCUT2D eigenvalue weighted by Crippen LogP contribution is -2.48. The van der Waals surface area contributed by atoms with Gasteiger partial charge in [0.25, 0.3) is 5.56 Å². The molecule has 148 valence electrons. The molecule has 29 heavy (non-hydrogen) atoms. The molecule has 2 heterocycles. The zero-order chi connectivity index (χ0) is 20.4. The van der Waals surface area contributed by atoms with Gasteiger partial charge >= 0.3 is 0 Å². The van der Waals surface area contributed by atoms with Gasteiger partial charge in [0.15, 0.2) is 5.96 Å². The highest BCUT2D eigenvalue weighted by Crippen LogP contribution is 2.22. The molecule has 0 saturated carbocycles. The summed E-state index contributed by atoms with van der Waals surface area (Å²) >= 11 is 0. The van der Waals surface area contributed by atoms with Gasteiger partial charge in [-0.05, 0) is 37.1 Å². The van der Waals surface area contributed by atoms with Crippen molar-refractivity contribution in [2.45, 2.75) is 26.6 Å². The normalized spacial score (nSPS) is 16.7. The molecular weight excluding hydrogens is 366 g/mol. The van der Waals surface area contributed by atoms with E-state index in [9.17, 15) is 4.79 Å². The molecule has 2 N–H and O–H groups in total. The summed E-state index contributed by atoms with van der Waals surface area (Å²) in [4.78, 5) is 21.8. The number of methoxy groups -OCH3 is 1. The van der Waals surface area contributed by atoms with Crippen molar-refractivity contribution in [2.24, 2.45) is 4.99 Å². The smallest absolute Gasteiger partial charge is 0.257 e. The van der Waals surface area contributed by atoms with Gasteiger partial charge in [0.05, 0.1) is 13.7 Å². The van der Waals surface area contributed by atoms with Crippen molar-refractivity contribution in [3.8, 4) is 5.75 Å². The number of aryl methyl sites for hydroxylation is 2. The van der Waals surface area contributed by atoms with E-state index >= 15 is 0 Å². The largest absolute Gasteiger partial charge is 0.497 e. The van der Waals surface area contributed by atoms with Crippen molar-refractivity contribution >= 4 is 11.9 Å². The molecule has 1 atom stereocenters. The first-order valence-electron chi connectivity index (χ1n) is 9.41. The van der Waals surface area contributed by atoms with Gasteiger partial charge in [-0.3, -0.25) is 14.7 Å². The highest BCUT2D eigenvalue weighted by atomic mass is 16.5. The molecule has 0 fully saturated rings. The fourth-order valence-corrected chi connectivity index (χ4v) is 3.25. The van der Waals surface area contributed by atoms with Crippen LogP contribution in [0.2, 0.25) is 0 Å². The summed E-state index contributed by atoms with van der Waals surface area (Å²) in [6.07, 6.45) is -0.387. The molecule has 1 aliphatic heterocycles. The number of hydrogen-bond acceptors (Lipinski definition) is 4. The molecule has 2 aromatic carbocycles. The topological polar surface area (TPSA) is 80.5 Å². The number of hydrogen-bond donors (Lipinski definition) is 2. The molecule has 1 aromatic heterocycles. The van der Waals surface area contributed by atoms with Crippen LogP contribution in [0.3, 0.4) is 0 Å². The number of nitrogens with zero attached hydrogens (tertiary/aromatic N) is 3. The van der Waals surface area contributed by atoms with E-state index in [4.69, 9.17) is 4.74 Å². The van der Waals surface area contributed by atoms with E-state index in [0.717, 1.165) is 22.4 Å². The molecule has 0 spiro atoms. The first-order chi connectivity index (χ1) is 14.0. The Kier molecular flexibility index (Phi) is 5.03. The van der Waals surface area contributed by atoms with E-state index in [1.54, 1.807) is 18.6 Å². The average Bonchev–Trinajstić information content (AvgIpc) is 2.72. The monoisotopic (exact) mass is 389 g/mol. The fraction of sp³-hybridized carbons (Fsp3) is 0.227. The minimum absolute atomic E-state index is 0.118. The molecule has 4 rings (SSSR count). The number of guanidine groups is 1. The van der Waals surface area contributed by atoms with Crippen molar-refractivity contribution in [2.75, 3.05) is 12.4 Å². The fourth-order valence-electron chi connectivity index (χ4n) is 3.25. The van der Waals surface area contributed by atoms with Gasteiger partial charge in [0.2, 0.25) is 5.95 Å². The number of benzene rings is 2. The summed E-state index contributed by atoms with van der Waals surface area (Å²) in [6.45, 7) is 4.32. The van der Waals surface area contributed by atoms with Crippen LogP contribution in [0.1, 0.15) is 28.6 Å². The number of rotatable bonds is 4. The molecule has 0 saturated heterocycles. The first kappa shape index (κ1) is 18.7. The number of nitrogens with one attached hydrogen (secondary N) is 2. The van der Waals surface area contributed by atoms with Crippen LogP contribution in [0.25, 0.3) is 0 Å². The predicted octanol–water partition coefficient (Wildman–Crippen LogP) is 2.99. The Morgan fingerprint density at radius 2 is 1.83 bits per heavy atom. The van der Waals surface area contributed by atoms with Crippen molar-refractivity contribution < 1.29 is 4.74 Å². The van der Waals surface area contributed by atoms with E-state index in [0.29, 0.717) is 24.1 Å². The minimum atomic E-state index is -0.387. The second-order valence-corrected chi connectivity index (χ2v) is 7.02. The molecule has 7 heteroatoms. The number of aliphatic imine (C=N–C) groups is 1. The van der Waals surface area contributed by atoms with Crippen LogP contribution >= 0.6 is 0 Å². The third kappa shape index (κ3) is 3.99. The second-order valence-electron chi connectivity index (χ2n) is 7.02. The quantitative estimate of drug-likeness (QED) is 0.717. The van der Waals surface area contributed by atoms with Gasteiger partial charge in [0.1, 0.15) is 11.9 Å². The zero-order valence-electron chi connectivity index (χ0n) is 16.6. The molecular formula is C22H23N5O2. The van der Waals surface area contributed by atoms with Gasteiger partial charge < -0.3 is 10.1 Å². The number of ether oxygens (including phenoxy) is 1. The SMILES string of the molecule is COc1ccc(CN=C2Nc3nc(C)cc(=O)n3[C@H](c3ccc(C)cc3)N2)cc1. The Hall–Kier alpha value is -3.61. The van der Waals surface area contributed by atoms with Crippen molar-refractivity contribution in [3.05, 3.63) is 87.3 Å². The summed E-state index contributed by atoms with van der Waals surface area (Å²) < 4.78 is 6.81. The molecule has 3 aromatic rings. The second kappa shape index (κ2) is 7.79. The molecule has 0 aliphatic carbocycles. The first-order valence-corrected chi connectivity index (χ1v) is 9.41. The number of fused-ring (bicyclic) bond motifs is 1. The molecule has 1 aliphatic rings. The van der Waals surface area contributed by atoms with Crippen LogP contribution in [0, 0.1) is 13.8 Å². The van der Waals surface area contributed by atoms with Crippen LogP contribution in [-0.4, -0.2) is 22.6 Å². The highest BCUT2D eigenvalue weighted by Gasteiger charge is 2.26. The maximum absolute atomic E-state index is 12.7. The summed E-state index contributed by atoms with van der Waals surface area (Å²) in [6, 6.07) is 17.4. The summed E-state index contributed by atoms with van der Waals surface area (Å²) in [5.74, 6) is 1.86. The highest BCUT2D eigenvalue weighted by molar-refractivity contribution is 5.93. The maximum Gasteiger partial charge on any atom is 0.257 e. The predicted molar refractivity (Wildman–Crippen MR) is 113 cm³/mol. The van der Waals surface area contributed by atoms with Crippen LogP contribution in [0.5, 0.6) is 5.75 Å². The standard InChI is InChI=1S/C22H23N5O2/c1-14-4-8-17(9-5-14)20-25-21(23-13-16-6-10-18(29-3)11-7-16)26-22-24-15(2)12-19(28)27(20)22/h4-12,20H,13H2,1-3H3,(H2,23,24,25,26)/t20-/m1/s1. The van der Waals surface area contributed by atoms with Crippen molar-refractivity contribution in [1.82, 2.24) is 14.9 Å². The van der Waals surface area contributed by atoms with Crippen LogP contribution in [-0.2, 0) is 6.54 Å². The molecule has 0 amide bonds. The van der Waals surface area contributed by atoms with E-state index in [1.165, 1.54) is 6.07 Å². The van der Waals surface area contributed by atoms with Crippen LogP contribution in [0.15, 0.2) is 64.4 Å². The maximum atomic E-state index is 12.7. The summed E-state index contributed by atoms with van der Waals surface area (Å²) in [5.41, 5.74) is 3.71. The molecule has 0 unspecified atom stereocenters. The zero-order valence-corrected chi connectivity index (χ0v) is 16.6. The lowest BCUT2D eigenvalue weighted by atomic mass is 10.1. The van der Waals surface area contributed by atoms with E-state index in [-0.39, 0.29) is 11.7 Å². The lowest BCUT2D eigenvalue weighted by Gasteiger charge is -2.31. The van der Waals surface area contributed by atoms with E-state index in [2.05, 4.69) is 20.6 Å². The molecule has 7 nitrogen and oxygen atoms in total. The third-order valence-electron chi connectivity index (χ3n) is 4.81. The third-order valence-corrected chi connectivity index (χ3v) is 4.81. The van der Waals surface area contributed by atoms with Gasteiger partial charge in [-0.25, -0.2) is 9.98 Å². The Morgan fingerprint density at radius 3 is 2.52 bits per heavy atom. The Morgan fingerprint density at radius 1 is 1.10 bits per heavy atom. The summed E-state index contributed by atoms with van der Waals surface area (Å²) in [5, 5.41) is 6.48. The van der Waals surface area contributed by atoms with Crippen LogP contribution in [0.4, 0.5) is 5.95 Å².